The summed E-state index contributed by atoms with van der Waals surface area (Å²) in [4.78, 5) is 20.0. The summed E-state index contributed by atoms with van der Waals surface area (Å²) in [5, 5.41) is 11.8. The maximum absolute atomic E-state index is 12.7. The molecule has 1 N–H and O–H groups in total. The van der Waals surface area contributed by atoms with Crippen molar-refractivity contribution in [3.05, 3.63) is 23.8 Å². The monoisotopic (exact) mass is 430 g/mol. The fraction of sp³-hybridized carbons (Fsp3) is 0.667. The molecule has 3 aliphatic rings. The Morgan fingerprint density at radius 1 is 1.35 bits per heavy atom. The van der Waals surface area contributed by atoms with Gasteiger partial charge in [-0.05, 0) is 43.2 Å². The molecule has 7 heteroatoms. The molecule has 1 aromatic carbocycles. The van der Waals surface area contributed by atoms with Crippen molar-refractivity contribution in [2.75, 3.05) is 41.0 Å². The second kappa shape index (κ2) is 8.88. The Bertz CT molecular complexity index is 856. The van der Waals surface area contributed by atoms with E-state index in [1.807, 2.05) is 18.2 Å². The fourth-order valence-electron chi connectivity index (χ4n) is 6.02. The predicted octanol–water partition coefficient (Wildman–Crippen LogP) is 2.92. The largest absolute Gasteiger partial charge is 0.496 e. The van der Waals surface area contributed by atoms with Crippen molar-refractivity contribution in [1.82, 2.24) is 4.90 Å². The average molecular weight is 431 g/mol. The maximum atomic E-state index is 12.7. The van der Waals surface area contributed by atoms with Crippen molar-refractivity contribution in [3.63, 3.8) is 0 Å². The van der Waals surface area contributed by atoms with Crippen LogP contribution in [-0.2, 0) is 19.9 Å². The molecule has 0 spiro atoms. The Hall–Kier alpha value is -1.96. The summed E-state index contributed by atoms with van der Waals surface area (Å²) in [7, 11) is 4.70. The van der Waals surface area contributed by atoms with E-state index in [0.717, 1.165) is 49.3 Å². The SMILES string of the molecule is CCC[C@@H]1CN2CC[C@@]3(O)C(=Nc4cccc(OC)c43)[C@@H]2C[C@@H]1C(COC)C(=O)OC. The van der Waals surface area contributed by atoms with Crippen LogP contribution < -0.4 is 4.74 Å². The van der Waals surface area contributed by atoms with Crippen molar-refractivity contribution in [2.45, 2.75) is 44.2 Å². The van der Waals surface area contributed by atoms with Crippen LogP contribution in [-0.4, -0.2) is 68.8 Å². The lowest BCUT2D eigenvalue weighted by Gasteiger charge is -2.51. The molecule has 2 fully saturated rings. The molecule has 2 saturated heterocycles. The summed E-state index contributed by atoms with van der Waals surface area (Å²) in [6.45, 7) is 4.21. The number of fused-ring (bicyclic) bond motifs is 5. The Balaban J connectivity index is 1.69. The summed E-state index contributed by atoms with van der Waals surface area (Å²) >= 11 is 0. The summed E-state index contributed by atoms with van der Waals surface area (Å²) in [5.74, 6) is 0.638. The van der Waals surface area contributed by atoms with Crippen LogP contribution in [0.15, 0.2) is 23.2 Å². The van der Waals surface area contributed by atoms with E-state index in [1.165, 1.54) is 7.11 Å². The molecule has 0 saturated carbocycles. The van der Waals surface area contributed by atoms with Gasteiger partial charge in [-0.25, -0.2) is 0 Å². The third-order valence-corrected chi connectivity index (χ3v) is 7.42. The third-order valence-electron chi connectivity index (χ3n) is 7.42. The first kappa shape index (κ1) is 22.2. The van der Waals surface area contributed by atoms with Gasteiger partial charge in [-0.15, -0.1) is 0 Å². The van der Waals surface area contributed by atoms with E-state index in [9.17, 15) is 9.90 Å². The van der Waals surface area contributed by atoms with Crippen molar-refractivity contribution in [1.29, 1.82) is 0 Å². The molecule has 3 aliphatic heterocycles. The predicted molar refractivity (Wildman–Crippen MR) is 118 cm³/mol. The number of hydrogen-bond donors (Lipinski definition) is 1. The Morgan fingerprint density at radius 2 is 2.16 bits per heavy atom. The lowest BCUT2D eigenvalue weighted by Crippen LogP contribution is -2.61. The zero-order valence-corrected chi connectivity index (χ0v) is 19.0. The number of carbonyl (C=O) groups is 1. The molecule has 170 valence electrons. The normalized spacial score (nSPS) is 30.6. The smallest absolute Gasteiger partial charge is 0.311 e. The summed E-state index contributed by atoms with van der Waals surface area (Å²) < 4.78 is 16.1. The highest BCUT2D eigenvalue weighted by molar-refractivity contribution is 6.05. The highest BCUT2D eigenvalue weighted by atomic mass is 16.5. The number of carbonyl (C=O) groups excluding carboxylic acids is 1. The van der Waals surface area contributed by atoms with Crippen LogP contribution in [0.1, 0.15) is 38.2 Å². The van der Waals surface area contributed by atoms with E-state index in [2.05, 4.69) is 11.8 Å². The molecule has 4 rings (SSSR count). The molecule has 0 aromatic heterocycles. The van der Waals surface area contributed by atoms with Crippen molar-refractivity contribution >= 4 is 17.4 Å². The highest BCUT2D eigenvalue weighted by Gasteiger charge is 2.54. The number of hydrogen-bond acceptors (Lipinski definition) is 7. The number of rotatable bonds is 7. The minimum absolute atomic E-state index is 0.0158. The minimum Gasteiger partial charge on any atom is -0.496 e. The molecule has 1 aromatic rings. The third kappa shape index (κ3) is 3.66. The van der Waals surface area contributed by atoms with E-state index < -0.39 is 5.60 Å². The number of ether oxygens (including phenoxy) is 3. The average Bonchev–Trinajstić information content (AvgIpc) is 3.10. The standard InChI is InChI=1S/C24H34N2O5/c1-5-7-15-13-26-11-10-24(28)21-18(8-6-9-20(21)30-3)25-22(24)19(26)12-16(15)17(14-29-2)23(27)31-4/h6,8-9,15-17,19,28H,5,7,10-14H2,1-4H3/t15-,16+,17?,19+,24+/m1/s1. The number of esters is 1. The first-order chi connectivity index (χ1) is 15.0. The van der Waals surface area contributed by atoms with Crippen LogP contribution in [0.2, 0.25) is 0 Å². The van der Waals surface area contributed by atoms with Crippen LogP contribution in [0.3, 0.4) is 0 Å². The van der Waals surface area contributed by atoms with Crippen LogP contribution in [0.25, 0.3) is 0 Å². The van der Waals surface area contributed by atoms with E-state index >= 15 is 0 Å². The van der Waals surface area contributed by atoms with E-state index in [1.54, 1.807) is 14.2 Å². The van der Waals surface area contributed by atoms with Crippen LogP contribution in [0.4, 0.5) is 5.69 Å². The molecule has 5 atom stereocenters. The maximum Gasteiger partial charge on any atom is 0.311 e. The molecule has 7 nitrogen and oxygen atoms in total. The fourth-order valence-corrected chi connectivity index (χ4v) is 6.02. The van der Waals surface area contributed by atoms with Gasteiger partial charge < -0.3 is 19.3 Å². The number of aliphatic hydroxyl groups is 1. The molecular formula is C24H34N2O5. The second-order valence-electron chi connectivity index (χ2n) is 9.01. The van der Waals surface area contributed by atoms with E-state index in [-0.39, 0.29) is 23.8 Å². The lowest BCUT2D eigenvalue weighted by molar-refractivity contribution is -0.152. The first-order valence-electron chi connectivity index (χ1n) is 11.3. The van der Waals surface area contributed by atoms with Gasteiger partial charge in [0.2, 0.25) is 0 Å². The van der Waals surface area contributed by atoms with E-state index in [4.69, 9.17) is 19.2 Å². The molecule has 3 heterocycles. The molecule has 0 radical (unpaired) electrons. The summed E-state index contributed by atoms with van der Waals surface area (Å²) in [6.07, 6.45) is 3.47. The van der Waals surface area contributed by atoms with Gasteiger partial charge in [0, 0.05) is 20.2 Å². The molecule has 0 aliphatic carbocycles. The van der Waals surface area contributed by atoms with Gasteiger partial charge in [0.1, 0.15) is 11.4 Å². The molecule has 0 amide bonds. The number of methoxy groups -OCH3 is 3. The molecular weight excluding hydrogens is 396 g/mol. The zero-order valence-electron chi connectivity index (χ0n) is 19.0. The van der Waals surface area contributed by atoms with Gasteiger partial charge >= 0.3 is 5.97 Å². The summed E-state index contributed by atoms with van der Waals surface area (Å²) in [5.41, 5.74) is 1.24. The van der Waals surface area contributed by atoms with Crippen molar-refractivity contribution in [2.24, 2.45) is 22.7 Å². The van der Waals surface area contributed by atoms with Gasteiger partial charge in [0.05, 0.1) is 49.7 Å². The van der Waals surface area contributed by atoms with Crippen molar-refractivity contribution in [3.8, 4) is 5.75 Å². The molecule has 31 heavy (non-hydrogen) atoms. The van der Waals surface area contributed by atoms with Gasteiger partial charge in [0.15, 0.2) is 0 Å². The molecule has 1 unspecified atom stereocenters. The van der Waals surface area contributed by atoms with Gasteiger partial charge in [-0.2, -0.15) is 0 Å². The Morgan fingerprint density at radius 3 is 2.84 bits per heavy atom. The van der Waals surface area contributed by atoms with Crippen LogP contribution >= 0.6 is 0 Å². The topological polar surface area (TPSA) is 80.6 Å². The number of piperidine rings is 2. The van der Waals surface area contributed by atoms with Gasteiger partial charge in [-0.3, -0.25) is 14.7 Å². The van der Waals surface area contributed by atoms with Crippen LogP contribution in [0.5, 0.6) is 5.75 Å². The number of aliphatic imine (C=N–C) groups is 1. The first-order valence-corrected chi connectivity index (χ1v) is 11.3. The lowest BCUT2D eigenvalue weighted by atomic mass is 9.68. The Labute approximate surface area is 184 Å². The second-order valence-corrected chi connectivity index (χ2v) is 9.01. The van der Waals surface area contributed by atoms with Crippen molar-refractivity contribution < 1.29 is 24.1 Å². The number of benzene rings is 1. The van der Waals surface area contributed by atoms with Crippen LogP contribution in [0, 0.1) is 17.8 Å². The zero-order chi connectivity index (χ0) is 22.2. The quantitative estimate of drug-likeness (QED) is 0.670. The summed E-state index contributed by atoms with van der Waals surface area (Å²) in [6, 6.07) is 5.72. The Kier molecular flexibility index (Phi) is 6.37. The highest BCUT2D eigenvalue weighted by Crippen LogP contribution is 2.51. The van der Waals surface area contributed by atoms with Gasteiger partial charge in [-0.1, -0.05) is 19.4 Å². The van der Waals surface area contributed by atoms with E-state index in [0.29, 0.717) is 24.7 Å². The molecule has 0 bridgehead atoms. The van der Waals surface area contributed by atoms with Gasteiger partial charge in [0.25, 0.3) is 0 Å². The number of nitrogens with zero attached hydrogens (tertiary/aromatic N) is 2. The minimum atomic E-state index is -1.12.